The lowest BCUT2D eigenvalue weighted by molar-refractivity contribution is -0.143. The quantitative estimate of drug-likeness (QED) is 0.639. The fraction of sp³-hybridized carbons (Fsp3) is 0.364. The predicted molar refractivity (Wildman–Crippen MR) is 66.8 cm³/mol. The molecule has 0 aliphatic heterocycles. The van der Waals surface area contributed by atoms with Crippen molar-refractivity contribution in [3.8, 4) is 0 Å². The molecule has 0 N–H and O–H groups in total. The van der Waals surface area contributed by atoms with Gasteiger partial charge < -0.3 is 4.74 Å². The van der Waals surface area contributed by atoms with Crippen molar-refractivity contribution in [1.29, 1.82) is 0 Å². The lowest BCUT2D eigenvalue weighted by atomic mass is 10.3. The lowest BCUT2D eigenvalue weighted by Gasteiger charge is -2.02. The summed E-state index contributed by atoms with van der Waals surface area (Å²) in [5.74, 6) is -0.302. The molecule has 0 aliphatic rings. The smallest absolute Gasteiger partial charge is 0.327 e. The van der Waals surface area contributed by atoms with Crippen molar-refractivity contribution >= 4 is 32.9 Å². The van der Waals surface area contributed by atoms with E-state index >= 15 is 0 Å². The molecule has 0 saturated heterocycles. The lowest BCUT2D eigenvalue weighted by Crippen LogP contribution is -2.14. The van der Waals surface area contributed by atoms with Gasteiger partial charge in [-0.25, -0.2) is 9.67 Å². The first kappa shape index (κ1) is 12.0. The van der Waals surface area contributed by atoms with Crippen LogP contribution >= 0.6 is 15.9 Å². The summed E-state index contributed by atoms with van der Waals surface area (Å²) in [7, 11) is 0. The van der Waals surface area contributed by atoms with E-state index in [1.807, 2.05) is 12.1 Å². The maximum absolute atomic E-state index is 11.4. The van der Waals surface area contributed by atoms with E-state index in [1.165, 1.54) is 0 Å². The monoisotopic (exact) mass is 297 g/mol. The summed E-state index contributed by atoms with van der Waals surface area (Å²) in [6, 6.07) is 3.79. The van der Waals surface area contributed by atoms with Gasteiger partial charge in [-0.2, -0.15) is 5.10 Å². The molecule has 0 radical (unpaired) electrons. The van der Waals surface area contributed by atoms with Gasteiger partial charge in [0.25, 0.3) is 0 Å². The number of rotatable bonds is 4. The van der Waals surface area contributed by atoms with E-state index in [4.69, 9.17) is 4.74 Å². The maximum atomic E-state index is 11.4. The maximum Gasteiger partial charge on any atom is 0.327 e. The number of pyridine rings is 1. The molecule has 0 spiro atoms. The number of fused-ring (bicyclic) bond motifs is 1. The molecule has 0 atom stereocenters. The molecule has 90 valence electrons. The molecule has 0 saturated carbocycles. The minimum Gasteiger partial charge on any atom is -0.465 e. The van der Waals surface area contributed by atoms with Crippen molar-refractivity contribution in [2.75, 3.05) is 6.61 Å². The summed E-state index contributed by atoms with van der Waals surface area (Å²) < 4.78 is 6.47. The number of nitrogens with zero attached hydrogens (tertiary/aromatic N) is 3. The van der Waals surface area contributed by atoms with E-state index in [-0.39, 0.29) is 12.5 Å². The molecule has 0 unspecified atom stereocenters. The SMILES string of the molecule is CCOC(=O)Cn1nc(CBr)c2cccnc21. The first-order chi connectivity index (χ1) is 8.26. The molecule has 2 rings (SSSR count). The Kier molecular flexibility index (Phi) is 3.73. The fourth-order valence-electron chi connectivity index (χ4n) is 1.61. The van der Waals surface area contributed by atoms with Crippen molar-refractivity contribution in [3.05, 3.63) is 24.0 Å². The van der Waals surface area contributed by atoms with Crippen molar-refractivity contribution in [2.45, 2.75) is 18.8 Å². The molecule has 0 aliphatic carbocycles. The van der Waals surface area contributed by atoms with Gasteiger partial charge in [-0.15, -0.1) is 0 Å². The standard InChI is InChI=1S/C11H12BrN3O2/c1-2-17-10(16)7-15-11-8(4-3-5-13-11)9(6-12)14-15/h3-5H,2,6-7H2,1H3. The van der Waals surface area contributed by atoms with Crippen LogP contribution in [0.2, 0.25) is 0 Å². The van der Waals surface area contributed by atoms with Gasteiger partial charge in [0.15, 0.2) is 5.65 Å². The van der Waals surface area contributed by atoms with Crippen LogP contribution in [0, 0.1) is 0 Å². The second kappa shape index (κ2) is 5.27. The first-order valence-corrected chi connectivity index (χ1v) is 6.40. The molecule has 0 aromatic carbocycles. The summed E-state index contributed by atoms with van der Waals surface area (Å²) in [4.78, 5) is 15.7. The number of ether oxygens (including phenoxy) is 1. The number of hydrogen-bond donors (Lipinski definition) is 0. The van der Waals surface area contributed by atoms with Crippen LogP contribution in [0.25, 0.3) is 11.0 Å². The Balaban J connectivity index is 2.37. The van der Waals surface area contributed by atoms with Crippen molar-refractivity contribution in [1.82, 2.24) is 14.8 Å². The van der Waals surface area contributed by atoms with Crippen molar-refractivity contribution < 1.29 is 9.53 Å². The van der Waals surface area contributed by atoms with E-state index in [0.717, 1.165) is 11.1 Å². The van der Waals surface area contributed by atoms with Gasteiger partial charge in [0.2, 0.25) is 0 Å². The molecule has 0 amide bonds. The summed E-state index contributed by atoms with van der Waals surface area (Å²) in [5.41, 5.74) is 1.58. The number of carbonyl (C=O) groups is 1. The third-order valence-corrected chi connectivity index (χ3v) is 2.83. The van der Waals surface area contributed by atoms with Gasteiger partial charge in [0, 0.05) is 16.9 Å². The number of aromatic nitrogens is 3. The Bertz CT molecular complexity index is 538. The number of hydrogen-bond acceptors (Lipinski definition) is 4. The zero-order valence-corrected chi connectivity index (χ0v) is 11.0. The van der Waals surface area contributed by atoms with E-state index in [2.05, 4.69) is 26.0 Å². The highest BCUT2D eigenvalue weighted by atomic mass is 79.9. The average molecular weight is 298 g/mol. The highest BCUT2D eigenvalue weighted by Crippen LogP contribution is 2.18. The van der Waals surface area contributed by atoms with E-state index < -0.39 is 0 Å². The van der Waals surface area contributed by atoms with E-state index in [1.54, 1.807) is 17.8 Å². The molecule has 2 aromatic heterocycles. The normalized spacial score (nSPS) is 10.7. The van der Waals surface area contributed by atoms with E-state index in [0.29, 0.717) is 17.6 Å². The van der Waals surface area contributed by atoms with Crippen LogP contribution < -0.4 is 0 Å². The minimum atomic E-state index is -0.302. The number of halogens is 1. The minimum absolute atomic E-state index is 0.0916. The summed E-state index contributed by atoms with van der Waals surface area (Å²) in [5, 5.41) is 5.92. The van der Waals surface area contributed by atoms with Crippen LogP contribution in [-0.2, 0) is 21.4 Å². The zero-order valence-electron chi connectivity index (χ0n) is 9.39. The average Bonchev–Trinajstić information content (AvgIpc) is 2.68. The zero-order chi connectivity index (χ0) is 12.3. The molecule has 2 aromatic rings. The molecule has 2 heterocycles. The molecule has 17 heavy (non-hydrogen) atoms. The largest absolute Gasteiger partial charge is 0.465 e. The number of esters is 1. The molecular formula is C11H12BrN3O2. The fourth-order valence-corrected chi connectivity index (χ4v) is 2.03. The Morgan fingerprint density at radius 3 is 3.12 bits per heavy atom. The van der Waals surface area contributed by atoms with Crippen molar-refractivity contribution in [2.24, 2.45) is 0 Å². The summed E-state index contributed by atoms with van der Waals surface area (Å²) >= 11 is 3.37. The second-order valence-corrected chi connectivity index (χ2v) is 3.98. The van der Waals surface area contributed by atoms with Crippen LogP contribution in [0.5, 0.6) is 0 Å². The van der Waals surface area contributed by atoms with Crippen LogP contribution in [0.3, 0.4) is 0 Å². The molecular weight excluding hydrogens is 286 g/mol. The van der Waals surface area contributed by atoms with Crippen LogP contribution in [0.4, 0.5) is 0 Å². The Morgan fingerprint density at radius 2 is 2.41 bits per heavy atom. The summed E-state index contributed by atoms with van der Waals surface area (Å²) in [6.45, 7) is 2.24. The third kappa shape index (κ3) is 2.46. The van der Waals surface area contributed by atoms with Gasteiger partial charge >= 0.3 is 5.97 Å². The van der Waals surface area contributed by atoms with Crippen LogP contribution in [0.15, 0.2) is 18.3 Å². The van der Waals surface area contributed by atoms with Gasteiger partial charge in [-0.3, -0.25) is 4.79 Å². The third-order valence-electron chi connectivity index (χ3n) is 2.29. The number of carbonyl (C=O) groups excluding carboxylic acids is 1. The Morgan fingerprint density at radius 1 is 1.59 bits per heavy atom. The van der Waals surface area contributed by atoms with Gasteiger partial charge in [-0.05, 0) is 19.1 Å². The van der Waals surface area contributed by atoms with Crippen molar-refractivity contribution in [3.63, 3.8) is 0 Å². The van der Waals surface area contributed by atoms with Gasteiger partial charge in [0.1, 0.15) is 6.54 Å². The molecule has 0 fully saturated rings. The molecule has 6 heteroatoms. The summed E-state index contributed by atoms with van der Waals surface area (Å²) in [6.07, 6.45) is 1.68. The second-order valence-electron chi connectivity index (χ2n) is 3.42. The Hall–Kier alpha value is -1.43. The first-order valence-electron chi connectivity index (χ1n) is 5.28. The van der Waals surface area contributed by atoms with E-state index in [9.17, 15) is 4.79 Å². The molecule has 0 bridgehead atoms. The molecule has 5 nitrogen and oxygen atoms in total. The van der Waals surface area contributed by atoms with Gasteiger partial charge in [-0.1, -0.05) is 15.9 Å². The topological polar surface area (TPSA) is 57.0 Å². The van der Waals surface area contributed by atoms with Gasteiger partial charge in [0.05, 0.1) is 12.3 Å². The predicted octanol–water partition coefficient (Wildman–Crippen LogP) is 1.89. The van der Waals surface area contributed by atoms with Crippen LogP contribution in [0.1, 0.15) is 12.6 Å². The highest BCUT2D eigenvalue weighted by molar-refractivity contribution is 9.08. The number of alkyl halides is 1. The Labute approximate surface area is 107 Å². The van der Waals surface area contributed by atoms with Crippen LogP contribution in [-0.4, -0.2) is 27.3 Å². The highest BCUT2D eigenvalue weighted by Gasteiger charge is 2.13.